The highest BCUT2D eigenvalue weighted by atomic mass is 32.2. The maximum absolute atomic E-state index is 11.4. The fraction of sp³-hybridized carbons (Fsp3) is 1.00. The van der Waals surface area contributed by atoms with Gasteiger partial charge in [-0.15, -0.1) is 0 Å². The molecule has 1 aliphatic heterocycles. The molecule has 2 atom stereocenters. The van der Waals surface area contributed by atoms with Gasteiger partial charge in [0, 0.05) is 12.6 Å². The van der Waals surface area contributed by atoms with E-state index in [1.54, 1.807) is 0 Å². The summed E-state index contributed by atoms with van der Waals surface area (Å²) in [5, 5.41) is 3.19. The molecule has 0 radical (unpaired) electrons. The van der Waals surface area contributed by atoms with Crippen LogP contribution < -0.4 is 5.32 Å². The Bertz CT molecular complexity index is 303. The first-order valence-corrected chi connectivity index (χ1v) is 7.86. The maximum atomic E-state index is 11.4. The van der Waals surface area contributed by atoms with Crippen LogP contribution >= 0.6 is 0 Å². The molecule has 0 aromatic carbocycles. The van der Waals surface area contributed by atoms with Crippen molar-refractivity contribution in [3.8, 4) is 0 Å². The molecule has 0 aromatic rings. The molecule has 0 amide bonds. The Morgan fingerprint density at radius 3 is 2.62 bits per heavy atom. The van der Waals surface area contributed by atoms with E-state index in [1.807, 2.05) is 14.1 Å². The second kappa shape index (κ2) is 5.98. The van der Waals surface area contributed by atoms with Crippen LogP contribution in [0.3, 0.4) is 0 Å². The van der Waals surface area contributed by atoms with Crippen LogP contribution in [0.1, 0.15) is 19.8 Å². The first kappa shape index (κ1) is 13.9. The van der Waals surface area contributed by atoms with Gasteiger partial charge in [-0.3, -0.25) is 0 Å². The zero-order valence-electron chi connectivity index (χ0n) is 10.6. The van der Waals surface area contributed by atoms with Gasteiger partial charge >= 0.3 is 0 Å². The smallest absolute Gasteiger partial charge is 0.151 e. The molecule has 96 valence electrons. The molecular formula is C11H24N2O2S. The topological polar surface area (TPSA) is 49.4 Å². The third kappa shape index (κ3) is 4.03. The van der Waals surface area contributed by atoms with Crippen LogP contribution in [-0.2, 0) is 9.84 Å². The van der Waals surface area contributed by atoms with Gasteiger partial charge in [0.15, 0.2) is 9.84 Å². The lowest BCUT2D eigenvalue weighted by molar-refractivity contribution is 0.216. The van der Waals surface area contributed by atoms with Gasteiger partial charge < -0.3 is 10.2 Å². The quantitative estimate of drug-likeness (QED) is 0.737. The summed E-state index contributed by atoms with van der Waals surface area (Å²) in [7, 11) is 1.25. The van der Waals surface area contributed by atoms with E-state index in [1.165, 1.54) is 0 Å². The summed E-state index contributed by atoms with van der Waals surface area (Å²) < 4.78 is 22.8. The molecular weight excluding hydrogens is 224 g/mol. The predicted molar refractivity (Wildman–Crippen MR) is 67.4 cm³/mol. The first-order valence-electron chi connectivity index (χ1n) is 6.03. The standard InChI is InChI=1S/C11H24N2O2S/c1-4-10(7-12-2)8-13(3)11-5-6-16(14,15)9-11/h10-12H,4-9H2,1-3H3. The van der Waals surface area contributed by atoms with Crippen LogP contribution in [0.4, 0.5) is 0 Å². The van der Waals surface area contributed by atoms with E-state index in [2.05, 4.69) is 17.1 Å². The molecule has 1 aliphatic rings. The van der Waals surface area contributed by atoms with E-state index in [0.29, 0.717) is 17.4 Å². The molecule has 1 rings (SSSR count). The Morgan fingerprint density at radius 2 is 2.19 bits per heavy atom. The Balaban J connectivity index is 2.43. The number of hydrogen-bond donors (Lipinski definition) is 1. The molecule has 2 unspecified atom stereocenters. The van der Waals surface area contributed by atoms with Crippen LogP contribution in [0.15, 0.2) is 0 Å². The molecule has 5 heteroatoms. The van der Waals surface area contributed by atoms with Gasteiger partial charge in [-0.1, -0.05) is 13.3 Å². The zero-order valence-corrected chi connectivity index (χ0v) is 11.4. The van der Waals surface area contributed by atoms with Crippen molar-refractivity contribution < 1.29 is 8.42 Å². The predicted octanol–water partition coefficient (Wildman–Crippen LogP) is 0.351. The lowest BCUT2D eigenvalue weighted by atomic mass is 10.1. The summed E-state index contributed by atoms with van der Waals surface area (Å²) >= 11 is 0. The summed E-state index contributed by atoms with van der Waals surface area (Å²) in [6.07, 6.45) is 1.93. The molecule has 4 nitrogen and oxygen atoms in total. The molecule has 16 heavy (non-hydrogen) atoms. The molecule has 0 aliphatic carbocycles. The van der Waals surface area contributed by atoms with Gasteiger partial charge in [0.1, 0.15) is 0 Å². The third-order valence-electron chi connectivity index (χ3n) is 3.45. The number of nitrogens with one attached hydrogen (secondary N) is 1. The highest BCUT2D eigenvalue weighted by Gasteiger charge is 2.31. The third-order valence-corrected chi connectivity index (χ3v) is 5.20. The number of nitrogens with zero attached hydrogens (tertiary/aromatic N) is 1. The van der Waals surface area contributed by atoms with E-state index in [4.69, 9.17) is 0 Å². The monoisotopic (exact) mass is 248 g/mol. The largest absolute Gasteiger partial charge is 0.319 e. The van der Waals surface area contributed by atoms with Crippen LogP contribution in [0, 0.1) is 5.92 Å². The lowest BCUT2D eigenvalue weighted by Crippen LogP contribution is -2.38. The van der Waals surface area contributed by atoms with Crippen LogP contribution in [0.2, 0.25) is 0 Å². The van der Waals surface area contributed by atoms with E-state index in [9.17, 15) is 8.42 Å². The molecule has 0 spiro atoms. The van der Waals surface area contributed by atoms with Crippen molar-refractivity contribution in [3.05, 3.63) is 0 Å². The van der Waals surface area contributed by atoms with Crippen molar-refractivity contribution in [1.29, 1.82) is 0 Å². The number of sulfone groups is 1. The second-order valence-electron chi connectivity index (χ2n) is 4.83. The first-order chi connectivity index (χ1) is 7.48. The average Bonchev–Trinajstić information content (AvgIpc) is 2.58. The van der Waals surface area contributed by atoms with Crippen molar-refractivity contribution in [1.82, 2.24) is 10.2 Å². The number of hydrogen-bond acceptors (Lipinski definition) is 4. The molecule has 1 fully saturated rings. The Kier molecular flexibility index (Phi) is 5.21. The van der Waals surface area contributed by atoms with Crippen LogP contribution in [0.5, 0.6) is 0 Å². The summed E-state index contributed by atoms with van der Waals surface area (Å²) in [6.45, 7) is 4.17. The van der Waals surface area contributed by atoms with Gasteiger partial charge in [0.25, 0.3) is 0 Å². The minimum Gasteiger partial charge on any atom is -0.319 e. The Hall–Kier alpha value is -0.130. The summed E-state index contributed by atoms with van der Waals surface area (Å²) in [4.78, 5) is 2.22. The summed E-state index contributed by atoms with van der Waals surface area (Å²) in [5.74, 6) is 1.32. The van der Waals surface area contributed by atoms with Crippen molar-refractivity contribution in [2.24, 2.45) is 5.92 Å². The molecule has 0 bridgehead atoms. The van der Waals surface area contributed by atoms with Crippen molar-refractivity contribution >= 4 is 9.84 Å². The SMILES string of the molecule is CCC(CNC)CN(C)C1CCS(=O)(=O)C1. The fourth-order valence-corrected chi connectivity index (χ4v) is 4.11. The molecule has 0 aromatic heterocycles. The van der Waals surface area contributed by atoms with Gasteiger partial charge in [-0.2, -0.15) is 0 Å². The normalized spacial score (nSPS) is 26.1. The van der Waals surface area contributed by atoms with Crippen molar-refractivity contribution in [2.45, 2.75) is 25.8 Å². The lowest BCUT2D eigenvalue weighted by Gasteiger charge is -2.27. The molecule has 1 N–H and O–H groups in total. The minimum atomic E-state index is -2.75. The van der Waals surface area contributed by atoms with Crippen molar-refractivity contribution in [2.75, 3.05) is 38.7 Å². The molecule has 1 saturated heterocycles. The highest BCUT2D eigenvalue weighted by molar-refractivity contribution is 7.91. The highest BCUT2D eigenvalue weighted by Crippen LogP contribution is 2.18. The van der Waals surface area contributed by atoms with E-state index in [-0.39, 0.29) is 6.04 Å². The van der Waals surface area contributed by atoms with E-state index < -0.39 is 9.84 Å². The van der Waals surface area contributed by atoms with Gasteiger partial charge in [-0.25, -0.2) is 8.42 Å². The minimum absolute atomic E-state index is 0.232. The average molecular weight is 248 g/mol. The Labute approximate surface area is 99.3 Å². The van der Waals surface area contributed by atoms with Gasteiger partial charge in [-0.05, 0) is 33.0 Å². The summed E-state index contributed by atoms with van der Waals surface area (Å²) in [6, 6.07) is 0.232. The summed E-state index contributed by atoms with van der Waals surface area (Å²) in [5.41, 5.74) is 0. The zero-order chi connectivity index (χ0) is 12.2. The fourth-order valence-electron chi connectivity index (χ4n) is 2.31. The molecule has 1 heterocycles. The van der Waals surface area contributed by atoms with Gasteiger partial charge in [0.05, 0.1) is 11.5 Å². The molecule has 0 saturated carbocycles. The van der Waals surface area contributed by atoms with Crippen LogP contribution in [-0.4, -0.2) is 58.1 Å². The van der Waals surface area contributed by atoms with Gasteiger partial charge in [0.2, 0.25) is 0 Å². The second-order valence-corrected chi connectivity index (χ2v) is 7.06. The van der Waals surface area contributed by atoms with E-state index >= 15 is 0 Å². The van der Waals surface area contributed by atoms with Crippen molar-refractivity contribution in [3.63, 3.8) is 0 Å². The maximum Gasteiger partial charge on any atom is 0.151 e. The van der Waals surface area contributed by atoms with Crippen LogP contribution in [0.25, 0.3) is 0 Å². The van der Waals surface area contributed by atoms with E-state index in [0.717, 1.165) is 25.9 Å². The number of rotatable bonds is 6. The Morgan fingerprint density at radius 1 is 1.50 bits per heavy atom.